The minimum Gasteiger partial charge on any atom is -0.351 e. The molecule has 1 unspecified atom stereocenters. The fraction of sp³-hybridized carbons (Fsp3) is 0.641. The van der Waals surface area contributed by atoms with Gasteiger partial charge < -0.3 is 55.6 Å². The van der Waals surface area contributed by atoms with E-state index in [4.69, 9.17) is 11.6 Å². The molecule has 4 N–H and O–H groups in total. The molecule has 508 valence electrons. The van der Waals surface area contributed by atoms with Gasteiger partial charge in [0.05, 0.1) is 23.7 Å². The molecule has 2 aliphatic carbocycles. The van der Waals surface area contributed by atoms with Crippen LogP contribution in [0.15, 0.2) is 36.4 Å². The third kappa shape index (κ3) is 17.6. The summed E-state index contributed by atoms with van der Waals surface area (Å²) < 4.78 is 70.4. The highest BCUT2D eigenvalue weighted by Crippen LogP contribution is 2.38. The number of rotatable bonds is 8. The first-order valence-electron chi connectivity index (χ1n) is 31.5. The molecule has 0 radical (unpaired) electrons. The van der Waals surface area contributed by atoms with E-state index in [2.05, 4.69) is 21.3 Å². The van der Waals surface area contributed by atoms with Crippen LogP contribution in [0.3, 0.4) is 0 Å². The molecule has 2 saturated heterocycles. The first-order chi connectivity index (χ1) is 43.1. The molecule has 0 aromatic heterocycles. The van der Waals surface area contributed by atoms with Crippen molar-refractivity contribution in [1.82, 2.24) is 55.6 Å². The molecular weight excluding hydrogens is 1230 g/mol. The summed E-state index contributed by atoms with van der Waals surface area (Å²) in [5.41, 5.74) is -2.34. The number of amides is 11. The minimum absolute atomic E-state index is 0.00294. The predicted molar refractivity (Wildman–Crippen MR) is 329 cm³/mol. The van der Waals surface area contributed by atoms with Gasteiger partial charge in [-0.1, -0.05) is 69.7 Å². The lowest BCUT2D eigenvalue weighted by atomic mass is 9.90. The molecule has 1 spiro atoms. The Balaban J connectivity index is 1.38. The van der Waals surface area contributed by atoms with E-state index in [1.807, 2.05) is 0 Å². The van der Waals surface area contributed by atoms with Crippen LogP contribution in [0.1, 0.15) is 135 Å². The Morgan fingerprint density at radius 3 is 1.85 bits per heavy atom. The van der Waals surface area contributed by atoms with Crippen molar-refractivity contribution in [1.29, 1.82) is 0 Å². The lowest BCUT2D eigenvalue weighted by Gasteiger charge is -2.40. The van der Waals surface area contributed by atoms with Crippen LogP contribution in [0.4, 0.5) is 22.0 Å². The van der Waals surface area contributed by atoms with E-state index in [-0.39, 0.29) is 62.1 Å². The fourth-order valence-corrected chi connectivity index (χ4v) is 13.0. The number of alkyl halides is 3. The minimum atomic E-state index is -4.79. The Hall–Kier alpha value is -7.45. The Morgan fingerprint density at radius 1 is 0.630 bits per heavy atom. The Labute approximate surface area is 539 Å². The molecule has 2 aliphatic heterocycles. The van der Waals surface area contributed by atoms with E-state index in [0.717, 1.165) is 56.7 Å². The molecule has 4 fully saturated rings. The number of likely N-dealkylation sites (N-methyl/N-ethyl adjacent to an activating group) is 6. The van der Waals surface area contributed by atoms with Crippen molar-refractivity contribution < 1.29 is 74.7 Å². The SMILES string of the molecule is CC[C@H](C)[C@@H]1NC(=O)[C@H](C)N(C)C(=O)C[C@@H](C)NC(=O)[C@H](C2CCCC2)N(C)C(=O)C2(CCCC2)NC(=O)C2CCCN2C(=O)[C@H](CCc2ccc(C(F)(F)F)c(Cl)c2)NC(=O)[C@@H](C)N(C)C(=O)[C@H](Cc2ccc(F)c(F)c2)N(C)C(=O)CN(C)C(=O)CN(C)C1=O. The van der Waals surface area contributed by atoms with E-state index in [1.165, 1.54) is 83.0 Å². The molecule has 9 atom stereocenters. The molecule has 2 saturated carbocycles. The molecule has 28 heteroatoms. The van der Waals surface area contributed by atoms with Crippen LogP contribution in [0.2, 0.25) is 5.02 Å². The second-order valence-corrected chi connectivity index (χ2v) is 25.9. The van der Waals surface area contributed by atoms with Crippen LogP contribution >= 0.6 is 11.6 Å². The quantitative estimate of drug-likeness (QED) is 0.266. The third-order valence-electron chi connectivity index (χ3n) is 19.0. The summed E-state index contributed by atoms with van der Waals surface area (Å²) in [5.74, 6) is -11.2. The van der Waals surface area contributed by atoms with Gasteiger partial charge in [-0.3, -0.25) is 52.7 Å². The van der Waals surface area contributed by atoms with E-state index in [1.54, 1.807) is 20.8 Å². The van der Waals surface area contributed by atoms with Crippen LogP contribution in [0.25, 0.3) is 0 Å². The van der Waals surface area contributed by atoms with Crippen molar-refractivity contribution in [3.05, 3.63) is 69.7 Å². The van der Waals surface area contributed by atoms with Crippen molar-refractivity contribution in [3.63, 3.8) is 0 Å². The zero-order valence-corrected chi connectivity index (χ0v) is 55.1. The Bertz CT molecular complexity index is 3090. The van der Waals surface area contributed by atoms with Crippen molar-refractivity contribution in [3.8, 4) is 0 Å². The molecular formula is C64H89ClF5N11O11. The highest BCUT2D eigenvalue weighted by atomic mass is 35.5. The number of hydrogen-bond acceptors (Lipinski definition) is 11. The second-order valence-electron chi connectivity index (χ2n) is 25.5. The highest BCUT2D eigenvalue weighted by Gasteiger charge is 2.50. The Kier molecular flexibility index (Phi) is 25.2. The normalized spacial score (nSPS) is 26.5. The molecule has 2 aromatic carbocycles. The average molecular weight is 1320 g/mol. The number of halogens is 6. The monoisotopic (exact) mass is 1320 g/mol. The van der Waals surface area contributed by atoms with Crippen molar-refractivity contribution in [2.75, 3.05) is 61.9 Å². The first kappa shape index (κ1) is 73.6. The molecule has 2 heterocycles. The summed E-state index contributed by atoms with van der Waals surface area (Å²) >= 11 is 6.10. The van der Waals surface area contributed by atoms with Gasteiger partial charge in [-0.2, -0.15) is 13.2 Å². The number of hydrogen-bond donors (Lipinski definition) is 4. The predicted octanol–water partition coefficient (Wildman–Crippen LogP) is 4.61. The van der Waals surface area contributed by atoms with Crippen LogP contribution in [-0.2, 0) is 71.8 Å². The number of aryl methyl sites for hydroxylation is 1. The molecule has 2 aromatic rings. The molecule has 92 heavy (non-hydrogen) atoms. The largest absolute Gasteiger partial charge is 0.417 e. The summed E-state index contributed by atoms with van der Waals surface area (Å²) in [5, 5.41) is 10.8. The van der Waals surface area contributed by atoms with Crippen LogP contribution < -0.4 is 21.3 Å². The van der Waals surface area contributed by atoms with Gasteiger partial charge in [-0.15, -0.1) is 0 Å². The summed E-state index contributed by atoms with van der Waals surface area (Å²) in [6, 6.07) is -4.11. The number of fused-ring (bicyclic) bond motifs is 1. The smallest absolute Gasteiger partial charge is 0.351 e. The third-order valence-corrected chi connectivity index (χ3v) is 19.3. The summed E-state index contributed by atoms with van der Waals surface area (Å²) in [7, 11) is 7.93. The van der Waals surface area contributed by atoms with Gasteiger partial charge in [0, 0.05) is 67.7 Å². The van der Waals surface area contributed by atoms with E-state index in [0.29, 0.717) is 38.5 Å². The summed E-state index contributed by atoms with van der Waals surface area (Å²) in [6.07, 6.45) is -0.915. The molecule has 6 rings (SSSR count). The van der Waals surface area contributed by atoms with Gasteiger partial charge >= 0.3 is 6.18 Å². The number of carbonyl (C=O) groups excluding carboxylic acids is 11. The number of benzene rings is 2. The fourth-order valence-electron chi connectivity index (χ4n) is 12.7. The molecule has 0 bridgehead atoms. The zero-order chi connectivity index (χ0) is 68.4. The van der Waals surface area contributed by atoms with Crippen molar-refractivity contribution in [2.24, 2.45) is 11.8 Å². The lowest BCUT2D eigenvalue weighted by Crippen LogP contribution is -2.64. The van der Waals surface area contributed by atoms with Gasteiger partial charge in [0.1, 0.15) is 47.8 Å². The van der Waals surface area contributed by atoms with Gasteiger partial charge in [0.2, 0.25) is 65.0 Å². The topological polar surface area (TPSA) is 259 Å². The van der Waals surface area contributed by atoms with Gasteiger partial charge in [0.15, 0.2) is 11.6 Å². The molecule has 11 amide bonds. The van der Waals surface area contributed by atoms with Crippen molar-refractivity contribution in [2.45, 2.75) is 191 Å². The number of carbonyl (C=O) groups is 11. The lowest BCUT2D eigenvalue weighted by molar-refractivity contribution is -0.150. The van der Waals surface area contributed by atoms with E-state index >= 15 is 9.59 Å². The van der Waals surface area contributed by atoms with E-state index < -0.39 is 173 Å². The van der Waals surface area contributed by atoms with Crippen LogP contribution in [-0.4, -0.2) is 215 Å². The number of nitrogens with one attached hydrogen (secondary N) is 4. The standard InChI is InChI=1S/C64H89ClF5N11O11/c1-12-36(2)53-61(91)76(7)34-51(83)75(6)35-52(84)79(10)49(33-41-22-25-45(66)46(67)32-41)60(90)78(9)39(5)55(85)72-47(26-23-40-21-24-43(44(65)31-40)64(68,69)70)59(89)81-29-17-20-48(81)57(87)74-63(27-15-16-28-63)62(92)80(11)54(42-18-13-14-19-42)58(88)71-37(3)30-50(82)77(8)38(4)56(86)73-53/h21-22,24-25,31-32,36-39,42,47-49,53-54H,12-20,23,26-30,33-35H2,1-11H3,(H,71,88)(H,72,85)(H,73,86)(H,74,87)/t36-,37+,38-,39+,47-,48?,49-,53-,54-/m0/s1. The van der Waals surface area contributed by atoms with Crippen LogP contribution in [0.5, 0.6) is 0 Å². The van der Waals surface area contributed by atoms with Gasteiger partial charge in [0.25, 0.3) is 0 Å². The van der Waals surface area contributed by atoms with Crippen molar-refractivity contribution >= 4 is 76.6 Å². The number of nitrogens with zero attached hydrogens (tertiary/aromatic N) is 7. The first-order valence-corrected chi connectivity index (χ1v) is 31.9. The second kappa shape index (κ2) is 31.4. The maximum Gasteiger partial charge on any atom is 0.417 e. The van der Waals surface area contributed by atoms with E-state index in [9.17, 15) is 65.1 Å². The van der Waals surface area contributed by atoms with Gasteiger partial charge in [-0.05, 0) is 119 Å². The maximum atomic E-state index is 15.2. The highest BCUT2D eigenvalue weighted by molar-refractivity contribution is 6.31. The summed E-state index contributed by atoms with van der Waals surface area (Å²) in [4.78, 5) is 167. The molecule has 22 nitrogen and oxygen atoms in total. The van der Waals surface area contributed by atoms with Gasteiger partial charge in [-0.25, -0.2) is 8.78 Å². The van der Waals surface area contributed by atoms with Crippen LogP contribution in [0, 0.1) is 23.5 Å². The summed E-state index contributed by atoms with van der Waals surface area (Å²) in [6.45, 7) is 6.59. The maximum absolute atomic E-state index is 15.2. The molecule has 4 aliphatic rings. The average Bonchev–Trinajstić information content (AvgIpc) is 1.59. The zero-order valence-electron chi connectivity index (χ0n) is 54.4. The Morgan fingerprint density at radius 2 is 1.24 bits per heavy atom.